The van der Waals surface area contributed by atoms with Crippen LogP contribution >= 0.6 is 0 Å². The molecule has 0 bridgehead atoms. The van der Waals surface area contributed by atoms with Crippen molar-refractivity contribution in [3.8, 4) is 0 Å². The van der Waals surface area contributed by atoms with E-state index in [1.54, 1.807) is 42.5 Å². The number of rotatable bonds is 15. The third kappa shape index (κ3) is 7.65. The van der Waals surface area contributed by atoms with Crippen molar-refractivity contribution in [1.82, 2.24) is 15.5 Å². The van der Waals surface area contributed by atoms with Crippen LogP contribution < -0.4 is 27.4 Å². The molecule has 1 saturated heterocycles. The second-order valence-corrected chi connectivity index (χ2v) is 13.5. The van der Waals surface area contributed by atoms with E-state index in [2.05, 4.69) is 16.0 Å². The van der Waals surface area contributed by atoms with Crippen molar-refractivity contribution >= 4 is 40.8 Å². The van der Waals surface area contributed by atoms with Gasteiger partial charge in [0.25, 0.3) is 5.91 Å². The minimum Gasteiger partial charge on any atom is -0.384 e. The smallest absolute Gasteiger partial charge is 0.253 e. The topological polar surface area (TPSA) is 194 Å². The number of likely N-dealkylation sites (tertiary alicyclic amines) is 1. The van der Waals surface area contributed by atoms with Gasteiger partial charge >= 0.3 is 0 Å². The average Bonchev–Trinajstić information content (AvgIpc) is 3.51. The van der Waals surface area contributed by atoms with Gasteiger partial charge in [0.05, 0.1) is 24.2 Å². The van der Waals surface area contributed by atoms with Crippen LogP contribution in [-0.4, -0.2) is 83.8 Å². The van der Waals surface area contributed by atoms with Crippen molar-refractivity contribution in [2.24, 2.45) is 23.3 Å². The fourth-order valence-corrected chi connectivity index (χ4v) is 6.59. The standard InChI is InChI=1S/C36H48N6O6/c1-21(2)18-26(37)33(46)41-20-29(43)36(14-8-17-42(36)34(47)27(38)19-22(3)4)35(48)40-16-9-15-39-28-13-7-12-25-30(28)32(45)24-11-6-5-10-23(24)31(25)44/h5-7,10-13,21-22,26-27,39H,8-9,14-20,37-38H2,1-4H3,(H,40,48)(H,41,46)/t26-,27-,36-/m0/s1. The van der Waals surface area contributed by atoms with E-state index in [-0.39, 0.29) is 42.9 Å². The Labute approximate surface area is 281 Å². The number of ketones is 3. The number of carbonyl (C=O) groups is 6. The number of hydrogen-bond donors (Lipinski definition) is 5. The first-order valence-corrected chi connectivity index (χ1v) is 16.8. The maximum Gasteiger partial charge on any atom is 0.253 e. The van der Waals surface area contributed by atoms with E-state index in [0.29, 0.717) is 60.2 Å². The summed E-state index contributed by atoms with van der Waals surface area (Å²) < 4.78 is 0. The number of amides is 3. The molecule has 2 aromatic rings. The van der Waals surface area contributed by atoms with Crippen LogP contribution in [0.1, 0.15) is 91.6 Å². The summed E-state index contributed by atoms with van der Waals surface area (Å²) in [6.45, 7) is 7.95. The van der Waals surface area contributed by atoms with E-state index in [4.69, 9.17) is 11.5 Å². The number of Topliss-reactive ketones (excluding diaryl/α,β-unsaturated/α-hetero) is 1. The van der Waals surface area contributed by atoms with E-state index in [9.17, 15) is 28.8 Å². The van der Waals surface area contributed by atoms with Crippen LogP contribution in [-0.2, 0) is 19.2 Å². The Morgan fingerprint density at radius 3 is 2.10 bits per heavy atom. The number of benzene rings is 2. The van der Waals surface area contributed by atoms with Crippen LogP contribution in [0.5, 0.6) is 0 Å². The Morgan fingerprint density at radius 2 is 1.44 bits per heavy atom. The minimum absolute atomic E-state index is 0.0950. The molecule has 258 valence electrons. The Balaban J connectivity index is 1.44. The summed E-state index contributed by atoms with van der Waals surface area (Å²) in [7, 11) is 0. The molecule has 0 unspecified atom stereocenters. The van der Waals surface area contributed by atoms with Crippen LogP contribution in [0.2, 0.25) is 0 Å². The fraction of sp³-hybridized carbons (Fsp3) is 0.500. The van der Waals surface area contributed by atoms with Gasteiger partial charge in [-0.3, -0.25) is 28.8 Å². The molecule has 12 heteroatoms. The molecule has 12 nitrogen and oxygen atoms in total. The predicted molar refractivity (Wildman–Crippen MR) is 182 cm³/mol. The molecule has 1 aliphatic heterocycles. The summed E-state index contributed by atoms with van der Waals surface area (Å²) in [5, 5.41) is 8.62. The number of nitrogens with zero attached hydrogens (tertiary/aromatic N) is 1. The molecule has 7 N–H and O–H groups in total. The molecule has 1 heterocycles. The molecule has 0 radical (unpaired) electrons. The molecule has 3 amide bonds. The van der Waals surface area contributed by atoms with E-state index < -0.39 is 47.7 Å². The van der Waals surface area contributed by atoms with Crippen molar-refractivity contribution in [3.05, 3.63) is 64.7 Å². The van der Waals surface area contributed by atoms with E-state index in [1.165, 1.54) is 4.90 Å². The first-order valence-electron chi connectivity index (χ1n) is 16.8. The molecule has 1 fully saturated rings. The summed E-state index contributed by atoms with van der Waals surface area (Å²) in [6, 6.07) is 10.1. The molecule has 48 heavy (non-hydrogen) atoms. The molecule has 1 aliphatic carbocycles. The van der Waals surface area contributed by atoms with Crippen LogP contribution in [0.4, 0.5) is 5.69 Å². The van der Waals surface area contributed by atoms with Crippen molar-refractivity contribution in [1.29, 1.82) is 0 Å². The van der Waals surface area contributed by atoms with E-state index >= 15 is 0 Å². The van der Waals surface area contributed by atoms with Crippen molar-refractivity contribution in [3.63, 3.8) is 0 Å². The third-order valence-electron chi connectivity index (χ3n) is 8.92. The molecule has 3 atom stereocenters. The number of anilines is 1. The summed E-state index contributed by atoms with van der Waals surface area (Å²) in [5.74, 6) is -2.38. The molecule has 4 rings (SSSR count). The lowest BCUT2D eigenvalue weighted by Crippen LogP contribution is -2.66. The van der Waals surface area contributed by atoms with Crippen molar-refractivity contribution in [2.45, 2.75) is 77.4 Å². The Bertz CT molecular complexity index is 1570. The predicted octanol–water partition coefficient (Wildman–Crippen LogP) is 2.17. The molecular formula is C36H48N6O6. The molecule has 0 saturated carbocycles. The summed E-state index contributed by atoms with van der Waals surface area (Å²) >= 11 is 0. The minimum atomic E-state index is -1.83. The largest absolute Gasteiger partial charge is 0.384 e. The van der Waals surface area contributed by atoms with Gasteiger partial charge in [-0.25, -0.2) is 0 Å². The van der Waals surface area contributed by atoms with Gasteiger partial charge in [0, 0.05) is 42.0 Å². The van der Waals surface area contributed by atoms with Crippen molar-refractivity contribution in [2.75, 3.05) is 31.5 Å². The third-order valence-corrected chi connectivity index (χ3v) is 8.92. The number of hydrogen-bond acceptors (Lipinski definition) is 9. The number of nitrogens with two attached hydrogens (primary N) is 2. The highest BCUT2D eigenvalue weighted by Gasteiger charge is 2.55. The van der Waals surface area contributed by atoms with Gasteiger partial charge in [-0.15, -0.1) is 0 Å². The highest BCUT2D eigenvalue weighted by molar-refractivity contribution is 6.30. The quantitative estimate of drug-likeness (QED) is 0.120. The Kier molecular flexibility index (Phi) is 11.9. The summed E-state index contributed by atoms with van der Waals surface area (Å²) in [4.78, 5) is 81.6. The zero-order valence-corrected chi connectivity index (χ0v) is 28.3. The molecule has 0 aromatic heterocycles. The van der Waals surface area contributed by atoms with Gasteiger partial charge in [0.1, 0.15) is 0 Å². The maximum absolute atomic E-state index is 13.9. The molecular weight excluding hydrogens is 612 g/mol. The van der Waals surface area contributed by atoms with Crippen LogP contribution in [0.25, 0.3) is 0 Å². The summed E-state index contributed by atoms with van der Waals surface area (Å²) in [6.07, 6.45) is 1.73. The fourth-order valence-electron chi connectivity index (χ4n) is 6.59. The first kappa shape index (κ1) is 36.4. The monoisotopic (exact) mass is 660 g/mol. The molecule has 2 aromatic carbocycles. The molecule has 2 aliphatic rings. The SMILES string of the molecule is CC(C)C[C@H](N)C(=O)NCC(=O)[C@]1(C(=O)NCCCNc2cccc3c2C(=O)c2ccccc2C3=O)CCCN1C(=O)[C@@H](N)CC(C)C. The van der Waals surface area contributed by atoms with E-state index in [0.717, 1.165) is 0 Å². The lowest BCUT2D eigenvalue weighted by Gasteiger charge is -2.37. The lowest BCUT2D eigenvalue weighted by molar-refractivity contribution is -0.153. The van der Waals surface area contributed by atoms with Gasteiger partial charge in [0.2, 0.25) is 11.8 Å². The number of nitrogens with one attached hydrogen (secondary N) is 3. The van der Waals surface area contributed by atoms with Gasteiger partial charge in [-0.1, -0.05) is 64.1 Å². The number of carbonyl (C=O) groups excluding carboxylic acids is 6. The lowest BCUT2D eigenvalue weighted by atomic mass is 9.83. The highest BCUT2D eigenvalue weighted by Crippen LogP contribution is 2.33. The average molecular weight is 661 g/mol. The second kappa shape index (κ2) is 15.7. The summed E-state index contributed by atoms with van der Waals surface area (Å²) in [5.41, 5.74) is 12.3. The Hall–Kier alpha value is -4.42. The molecule has 0 spiro atoms. The van der Waals surface area contributed by atoms with Crippen LogP contribution in [0.3, 0.4) is 0 Å². The van der Waals surface area contributed by atoms with Gasteiger partial charge in [-0.2, -0.15) is 0 Å². The van der Waals surface area contributed by atoms with E-state index in [1.807, 2.05) is 27.7 Å². The zero-order chi connectivity index (χ0) is 35.2. The van der Waals surface area contributed by atoms with Crippen LogP contribution in [0, 0.1) is 11.8 Å². The highest BCUT2D eigenvalue weighted by atomic mass is 16.2. The van der Waals surface area contributed by atoms with Crippen molar-refractivity contribution < 1.29 is 28.8 Å². The second-order valence-electron chi connectivity index (χ2n) is 13.5. The van der Waals surface area contributed by atoms with Gasteiger partial charge in [0.15, 0.2) is 22.9 Å². The van der Waals surface area contributed by atoms with Gasteiger partial charge < -0.3 is 32.3 Å². The number of fused-ring (bicyclic) bond motifs is 2. The van der Waals surface area contributed by atoms with Gasteiger partial charge in [-0.05, 0) is 50.0 Å². The zero-order valence-electron chi connectivity index (χ0n) is 28.3. The first-order chi connectivity index (χ1) is 22.8. The normalized spacial score (nSPS) is 18.3. The Morgan fingerprint density at radius 1 is 0.812 bits per heavy atom. The van der Waals surface area contributed by atoms with Crippen LogP contribution in [0.15, 0.2) is 42.5 Å². The maximum atomic E-state index is 13.9.